The van der Waals surface area contributed by atoms with E-state index >= 15 is 0 Å². The Bertz CT molecular complexity index is 1210. The van der Waals surface area contributed by atoms with Gasteiger partial charge in [0.05, 0.1) is 23.2 Å². The Labute approximate surface area is 181 Å². The number of alkyl halides is 2. The van der Waals surface area contributed by atoms with E-state index in [1.807, 2.05) is 0 Å². The molecule has 2 aliphatic heterocycles. The SMILES string of the molecule is Cc1nn(C2CCS(=O)(=O)C2)c(Cl)c1C=C1N=C(c2ccc(OC(F)F)cc2)OC1=O. The molecule has 1 unspecified atom stereocenters. The van der Waals surface area contributed by atoms with Gasteiger partial charge in [0.25, 0.3) is 0 Å². The molecule has 3 heterocycles. The van der Waals surface area contributed by atoms with Crippen LogP contribution in [0.1, 0.15) is 29.3 Å². The second kappa shape index (κ2) is 8.04. The number of aryl methyl sites for hydroxylation is 1. The largest absolute Gasteiger partial charge is 0.435 e. The lowest BCUT2D eigenvalue weighted by Gasteiger charge is -2.09. The maximum atomic E-state index is 12.3. The maximum absolute atomic E-state index is 12.3. The molecule has 0 N–H and O–H groups in total. The number of aliphatic imine (C=N–C) groups is 1. The van der Waals surface area contributed by atoms with Crippen molar-refractivity contribution in [1.82, 2.24) is 9.78 Å². The van der Waals surface area contributed by atoms with Gasteiger partial charge in [0, 0.05) is 11.1 Å². The summed E-state index contributed by atoms with van der Waals surface area (Å²) in [5.41, 5.74) is 1.31. The molecule has 1 aromatic heterocycles. The van der Waals surface area contributed by atoms with Crippen molar-refractivity contribution in [3.63, 3.8) is 0 Å². The summed E-state index contributed by atoms with van der Waals surface area (Å²) >= 11 is 6.43. The number of hydrogen-bond donors (Lipinski definition) is 0. The van der Waals surface area contributed by atoms with Gasteiger partial charge in [-0.2, -0.15) is 13.9 Å². The van der Waals surface area contributed by atoms with Crippen molar-refractivity contribution in [1.29, 1.82) is 0 Å². The highest BCUT2D eigenvalue weighted by molar-refractivity contribution is 7.91. The van der Waals surface area contributed by atoms with Crippen LogP contribution in [0.15, 0.2) is 35.0 Å². The predicted octanol–water partition coefficient (Wildman–Crippen LogP) is 3.15. The molecule has 1 saturated heterocycles. The van der Waals surface area contributed by atoms with Crippen LogP contribution in [0, 0.1) is 6.92 Å². The number of ether oxygens (including phenoxy) is 2. The van der Waals surface area contributed by atoms with Crippen LogP contribution in [0.3, 0.4) is 0 Å². The molecule has 0 amide bonds. The Morgan fingerprint density at radius 3 is 2.65 bits per heavy atom. The first-order chi connectivity index (χ1) is 14.6. The van der Waals surface area contributed by atoms with Gasteiger partial charge in [-0.15, -0.1) is 0 Å². The average molecular weight is 472 g/mol. The number of sulfone groups is 1. The van der Waals surface area contributed by atoms with Crippen molar-refractivity contribution in [2.45, 2.75) is 26.0 Å². The van der Waals surface area contributed by atoms with Crippen LogP contribution in [-0.2, 0) is 19.4 Å². The average Bonchev–Trinajstić information content (AvgIpc) is 3.33. The van der Waals surface area contributed by atoms with Crippen LogP contribution in [0.5, 0.6) is 5.75 Å². The lowest BCUT2D eigenvalue weighted by Crippen LogP contribution is -2.12. The molecule has 1 fully saturated rings. The van der Waals surface area contributed by atoms with Crippen molar-refractivity contribution < 1.29 is 31.5 Å². The first kappa shape index (κ1) is 21.4. The van der Waals surface area contributed by atoms with Gasteiger partial charge in [0.15, 0.2) is 15.5 Å². The number of rotatable bonds is 5. The number of esters is 1. The number of nitrogens with zero attached hydrogens (tertiary/aromatic N) is 3. The number of aromatic nitrogens is 2. The van der Waals surface area contributed by atoms with Crippen molar-refractivity contribution in [2.24, 2.45) is 4.99 Å². The van der Waals surface area contributed by atoms with Crippen molar-refractivity contribution in [2.75, 3.05) is 11.5 Å². The number of halogens is 3. The summed E-state index contributed by atoms with van der Waals surface area (Å²) in [6.07, 6.45) is 1.84. The molecular weight excluding hydrogens is 456 g/mol. The van der Waals surface area contributed by atoms with Gasteiger partial charge in [-0.25, -0.2) is 22.9 Å². The van der Waals surface area contributed by atoms with Crippen LogP contribution in [0.2, 0.25) is 5.15 Å². The molecule has 8 nitrogen and oxygen atoms in total. The molecule has 0 spiro atoms. The van der Waals surface area contributed by atoms with Gasteiger partial charge in [-0.3, -0.25) is 0 Å². The Kier molecular flexibility index (Phi) is 5.56. The quantitative estimate of drug-likeness (QED) is 0.490. The molecular formula is C19H16ClF2N3O5S. The van der Waals surface area contributed by atoms with E-state index in [1.54, 1.807) is 6.92 Å². The summed E-state index contributed by atoms with van der Waals surface area (Å²) < 4.78 is 59.0. The second-order valence-electron chi connectivity index (χ2n) is 7.03. The summed E-state index contributed by atoms with van der Waals surface area (Å²) in [6.45, 7) is -1.26. The van der Waals surface area contributed by atoms with E-state index in [2.05, 4.69) is 14.8 Å². The number of carbonyl (C=O) groups is 1. The van der Waals surface area contributed by atoms with Crippen LogP contribution >= 0.6 is 11.6 Å². The Morgan fingerprint density at radius 1 is 1.32 bits per heavy atom. The molecule has 0 saturated carbocycles. The van der Waals surface area contributed by atoms with Crippen LogP contribution in [-0.4, -0.2) is 48.2 Å². The normalized spacial score (nSPS) is 21.6. The highest BCUT2D eigenvalue weighted by Crippen LogP contribution is 2.32. The summed E-state index contributed by atoms with van der Waals surface area (Å²) in [7, 11) is -3.12. The summed E-state index contributed by atoms with van der Waals surface area (Å²) in [6, 6.07) is 5.11. The molecule has 4 rings (SSSR count). The fourth-order valence-electron chi connectivity index (χ4n) is 3.35. The summed E-state index contributed by atoms with van der Waals surface area (Å²) in [5, 5.41) is 4.54. The molecule has 0 aliphatic carbocycles. The molecule has 2 aliphatic rings. The molecule has 12 heteroatoms. The van der Waals surface area contributed by atoms with Crippen molar-refractivity contribution in [3.8, 4) is 5.75 Å². The van der Waals surface area contributed by atoms with Crippen molar-refractivity contribution in [3.05, 3.63) is 51.9 Å². The third-order valence-corrected chi connectivity index (χ3v) is 6.98. The van der Waals surface area contributed by atoms with Crippen LogP contribution in [0.4, 0.5) is 8.78 Å². The number of benzene rings is 1. The zero-order chi connectivity index (χ0) is 22.3. The number of hydrogen-bond acceptors (Lipinski definition) is 7. The fourth-order valence-corrected chi connectivity index (χ4v) is 5.41. The number of carbonyl (C=O) groups excluding carboxylic acids is 1. The smallest absolute Gasteiger partial charge is 0.387 e. The first-order valence-electron chi connectivity index (χ1n) is 9.16. The Hall–Kier alpha value is -2.79. The lowest BCUT2D eigenvalue weighted by atomic mass is 10.2. The Morgan fingerprint density at radius 2 is 2.03 bits per heavy atom. The van der Waals surface area contributed by atoms with Gasteiger partial charge in [0.2, 0.25) is 5.90 Å². The molecule has 0 bridgehead atoms. The van der Waals surface area contributed by atoms with E-state index in [1.165, 1.54) is 35.0 Å². The first-order valence-corrected chi connectivity index (χ1v) is 11.4. The molecule has 1 aromatic carbocycles. The third-order valence-electron chi connectivity index (χ3n) is 4.85. The van der Waals surface area contributed by atoms with Crippen LogP contribution < -0.4 is 4.74 Å². The second-order valence-corrected chi connectivity index (χ2v) is 9.62. The highest BCUT2D eigenvalue weighted by Gasteiger charge is 2.32. The van der Waals surface area contributed by atoms with Gasteiger partial charge in [-0.1, -0.05) is 11.6 Å². The van der Waals surface area contributed by atoms with E-state index in [4.69, 9.17) is 16.3 Å². The van der Waals surface area contributed by atoms with Gasteiger partial charge in [0.1, 0.15) is 10.9 Å². The molecule has 2 aromatic rings. The highest BCUT2D eigenvalue weighted by atomic mass is 35.5. The van der Waals surface area contributed by atoms with Gasteiger partial charge >= 0.3 is 12.6 Å². The van der Waals surface area contributed by atoms with E-state index in [0.717, 1.165) is 0 Å². The third kappa shape index (κ3) is 4.47. The molecule has 31 heavy (non-hydrogen) atoms. The number of cyclic esters (lactones) is 1. The topological polar surface area (TPSA) is 99.8 Å². The lowest BCUT2D eigenvalue weighted by molar-refractivity contribution is -0.129. The molecule has 1 atom stereocenters. The summed E-state index contributed by atoms with van der Waals surface area (Å²) in [5.74, 6) is -0.718. The van der Waals surface area contributed by atoms with Gasteiger partial charge < -0.3 is 9.47 Å². The van der Waals surface area contributed by atoms with E-state index in [0.29, 0.717) is 23.2 Å². The minimum Gasteiger partial charge on any atom is -0.435 e. The van der Waals surface area contributed by atoms with E-state index < -0.39 is 22.4 Å². The van der Waals surface area contributed by atoms with E-state index in [-0.39, 0.29) is 40.0 Å². The molecule has 164 valence electrons. The Balaban J connectivity index is 1.60. The predicted molar refractivity (Wildman–Crippen MR) is 108 cm³/mol. The maximum Gasteiger partial charge on any atom is 0.387 e. The monoisotopic (exact) mass is 471 g/mol. The fraction of sp³-hybridized carbons (Fsp3) is 0.316. The zero-order valence-corrected chi connectivity index (χ0v) is 17.7. The zero-order valence-electron chi connectivity index (χ0n) is 16.1. The minimum atomic E-state index is -3.12. The van der Waals surface area contributed by atoms with Crippen molar-refractivity contribution >= 4 is 39.4 Å². The standard InChI is InChI=1S/C19H16ClF2N3O5S/c1-10-14(16(20)25(24-10)12-6-7-31(27,28)9-12)8-15-18(26)30-17(23-15)11-2-4-13(5-3-11)29-19(21)22/h2-5,8,12,19H,6-7,9H2,1H3. The summed E-state index contributed by atoms with van der Waals surface area (Å²) in [4.78, 5) is 16.4. The van der Waals surface area contributed by atoms with E-state index in [9.17, 15) is 22.0 Å². The van der Waals surface area contributed by atoms with Crippen LogP contribution in [0.25, 0.3) is 6.08 Å². The molecule has 0 radical (unpaired) electrons. The minimum absolute atomic E-state index is 0.00269. The van der Waals surface area contributed by atoms with Gasteiger partial charge in [-0.05, 0) is 43.7 Å².